The number of carbonyl (C=O) groups excluding carboxylic acids is 1. The Morgan fingerprint density at radius 1 is 1.26 bits per heavy atom. The molecule has 0 bridgehead atoms. The first-order valence-corrected chi connectivity index (χ1v) is 9.98. The van der Waals surface area contributed by atoms with Crippen LogP contribution in [0.15, 0.2) is 42.0 Å². The number of rotatable bonds is 3. The van der Waals surface area contributed by atoms with Crippen molar-refractivity contribution >= 4 is 39.9 Å². The molecule has 10 heteroatoms. The van der Waals surface area contributed by atoms with E-state index in [1.54, 1.807) is 17.9 Å². The number of amides is 1. The number of piperazine rings is 1. The molecular weight excluding hydrogens is 423 g/mol. The van der Waals surface area contributed by atoms with Gasteiger partial charge in [-0.05, 0) is 31.2 Å². The molecule has 3 aromatic rings. The Labute approximate surface area is 182 Å². The first-order valence-electron chi connectivity index (χ1n) is 9.61. The lowest BCUT2D eigenvalue weighted by Gasteiger charge is -2.35. The maximum absolute atomic E-state index is 14.6. The molecule has 1 fully saturated rings. The maximum Gasteiger partial charge on any atom is 0.282 e. The molecule has 4 rings (SSSR count). The van der Waals surface area contributed by atoms with Gasteiger partial charge in [-0.15, -0.1) is 0 Å². The molecule has 0 saturated carbocycles. The Kier molecular flexibility index (Phi) is 5.36. The molecule has 0 aliphatic carbocycles. The fourth-order valence-corrected chi connectivity index (χ4v) is 3.96. The number of halogens is 2. The summed E-state index contributed by atoms with van der Waals surface area (Å²) in [4.78, 5) is 37.4. The highest BCUT2D eigenvalue weighted by Crippen LogP contribution is 2.30. The van der Waals surface area contributed by atoms with Gasteiger partial charge >= 0.3 is 0 Å². The summed E-state index contributed by atoms with van der Waals surface area (Å²) in [6.45, 7) is 7.31. The van der Waals surface area contributed by atoms with Gasteiger partial charge < -0.3 is 15.5 Å². The van der Waals surface area contributed by atoms with Crippen LogP contribution >= 0.6 is 11.6 Å². The number of benzene rings is 1. The minimum absolute atomic E-state index is 0.0245. The van der Waals surface area contributed by atoms with Crippen LogP contribution in [0.3, 0.4) is 0 Å². The number of aryl methyl sites for hydroxylation is 1. The van der Waals surface area contributed by atoms with Crippen molar-refractivity contribution in [3.63, 3.8) is 0 Å². The summed E-state index contributed by atoms with van der Waals surface area (Å²) in [5.41, 5.74) is 5.93. The summed E-state index contributed by atoms with van der Waals surface area (Å²) in [5.74, 6) is -0.196. The molecule has 2 aromatic heterocycles. The zero-order valence-corrected chi connectivity index (χ0v) is 17.6. The lowest BCUT2D eigenvalue weighted by Crippen LogP contribution is -2.48. The molecule has 160 valence electrons. The second kappa shape index (κ2) is 7.99. The van der Waals surface area contributed by atoms with E-state index < -0.39 is 11.4 Å². The van der Waals surface area contributed by atoms with Gasteiger partial charge in [0, 0.05) is 31.9 Å². The quantitative estimate of drug-likeness (QED) is 0.493. The number of fused-ring (bicyclic) bond motifs is 1. The van der Waals surface area contributed by atoms with Crippen molar-refractivity contribution in [1.29, 1.82) is 0 Å². The predicted octanol–water partition coefficient (Wildman–Crippen LogP) is 2.30. The standard InChI is InChI=1S/C21H20ClFN6O2/c1-3-16(30)27-6-8-28(9-7-27)20-13-10-12(2)29(21(31)18(13)25-11-26-20)19-15(23)5-4-14(22)17(19)24/h3-5,10-11H,1,6-9,24H2,2H3. The molecule has 2 N–H and O–H groups in total. The van der Waals surface area contributed by atoms with Gasteiger partial charge in [0.25, 0.3) is 5.56 Å². The van der Waals surface area contributed by atoms with Crippen molar-refractivity contribution in [2.75, 3.05) is 36.8 Å². The highest BCUT2D eigenvalue weighted by molar-refractivity contribution is 6.33. The molecule has 0 radical (unpaired) electrons. The van der Waals surface area contributed by atoms with Crippen LogP contribution in [-0.2, 0) is 4.79 Å². The van der Waals surface area contributed by atoms with Crippen molar-refractivity contribution in [1.82, 2.24) is 19.4 Å². The molecule has 1 saturated heterocycles. The molecule has 1 aliphatic heterocycles. The van der Waals surface area contributed by atoms with Crippen molar-refractivity contribution in [2.45, 2.75) is 6.92 Å². The number of nitrogens with two attached hydrogens (primary N) is 1. The van der Waals surface area contributed by atoms with E-state index in [1.807, 2.05) is 4.90 Å². The van der Waals surface area contributed by atoms with E-state index in [0.29, 0.717) is 43.1 Å². The van der Waals surface area contributed by atoms with E-state index in [9.17, 15) is 14.0 Å². The largest absolute Gasteiger partial charge is 0.396 e. The SMILES string of the molecule is C=CC(=O)N1CCN(c2ncnc3c(=O)n(-c4c(F)ccc(Cl)c4N)c(C)cc23)CC1. The predicted molar refractivity (Wildman–Crippen MR) is 118 cm³/mol. The lowest BCUT2D eigenvalue weighted by atomic mass is 10.1. The molecule has 0 spiro atoms. The molecule has 0 unspecified atom stereocenters. The van der Waals surface area contributed by atoms with Crippen molar-refractivity contribution < 1.29 is 9.18 Å². The summed E-state index contributed by atoms with van der Waals surface area (Å²) in [6.07, 6.45) is 2.60. The first kappa shape index (κ1) is 20.8. The van der Waals surface area contributed by atoms with E-state index in [4.69, 9.17) is 17.3 Å². The summed E-state index contributed by atoms with van der Waals surface area (Å²) in [7, 11) is 0. The monoisotopic (exact) mass is 442 g/mol. The summed E-state index contributed by atoms with van der Waals surface area (Å²) in [6, 6.07) is 4.24. The van der Waals surface area contributed by atoms with Crippen LogP contribution in [-0.4, -0.2) is 51.5 Å². The molecule has 1 aromatic carbocycles. The molecule has 1 aliphatic rings. The first-order chi connectivity index (χ1) is 14.8. The van der Waals surface area contributed by atoms with E-state index in [0.717, 1.165) is 0 Å². The number of carbonyl (C=O) groups is 1. The number of nitrogen functional groups attached to an aromatic ring is 1. The number of hydrogen-bond donors (Lipinski definition) is 1. The Hall–Kier alpha value is -3.46. The van der Waals surface area contributed by atoms with Gasteiger partial charge in [-0.25, -0.2) is 14.4 Å². The second-order valence-electron chi connectivity index (χ2n) is 7.19. The van der Waals surface area contributed by atoms with E-state index >= 15 is 0 Å². The third-order valence-corrected chi connectivity index (χ3v) is 5.71. The number of hydrogen-bond acceptors (Lipinski definition) is 6. The van der Waals surface area contributed by atoms with E-state index in [-0.39, 0.29) is 27.8 Å². The molecule has 3 heterocycles. The van der Waals surface area contributed by atoms with Crippen LogP contribution in [0.2, 0.25) is 5.02 Å². The van der Waals surface area contributed by atoms with Crippen LogP contribution in [0.1, 0.15) is 5.69 Å². The topological polar surface area (TPSA) is 97.4 Å². The number of pyridine rings is 1. The van der Waals surface area contributed by atoms with E-state index in [2.05, 4.69) is 16.5 Å². The third-order valence-electron chi connectivity index (χ3n) is 5.38. The Bertz CT molecular complexity index is 1270. The van der Waals surface area contributed by atoms with Crippen LogP contribution in [0, 0.1) is 12.7 Å². The van der Waals surface area contributed by atoms with Gasteiger partial charge in [-0.2, -0.15) is 0 Å². The van der Waals surface area contributed by atoms with Gasteiger partial charge in [0.15, 0.2) is 0 Å². The van der Waals surface area contributed by atoms with Crippen LogP contribution < -0.4 is 16.2 Å². The molecular formula is C21H20ClFN6O2. The maximum atomic E-state index is 14.6. The zero-order valence-electron chi connectivity index (χ0n) is 16.8. The molecule has 1 amide bonds. The average molecular weight is 443 g/mol. The Morgan fingerprint density at radius 3 is 2.65 bits per heavy atom. The minimum atomic E-state index is -0.663. The number of nitrogens with zero attached hydrogens (tertiary/aromatic N) is 5. The van der Waals surface area contributed by atoms with Crippen molar-refractivity contribution in [2.24, 2.45) is 0 Å². The molecule has 31 heavy (non-hydrogen) atoms. The fraction of sp³-hybridized carbons (Fsp3) is 0.238. The van der Waals surface area contributed by atoms with Gasteiger partial charge in [-0.3, -0.25) is 14.2 Å². The van der Waals surface area contributed by atoms with Crippen molar-refractivity contribution in [3.8, 4) is 5.69 Å². The summed E-state index contributed by atoms with van der Waals surface area (Å²) in [5, 5.41) is 0.698. The minimum Gasteiger partial charge on any atom is -0.396 e. The summed E-state index contributed by atoms with van der Waals surface area (Å²) >= 11 is 6.06. The van der Waals surface area contributed by atoms with Crippen LogP contribution in [0.5, 0.6) is 0 Å². The second-order valence-corrected chi connectivity index (χ2v) is 7.60. The van der Waals surface area contributed by atoms with Crippen LogP contribution in [0.4, 0.5) is 15.9 Å². The number of anilines is 2. The zero-order chi connectivity index (χ0) is 22.3. The van der Waals surface area contributed by atoms with Gasteiger partial charge in [-0.1, -0.05) is 18.2 Å². The highest BCUT2D eigenvalue weighted by atomic mass is 35.5. The normalized spacial score (nSPS) is 14.2. The van der Waals surface area contributed by atoms with Gasteiger partial charge in [0.2, 0.25) is 5.91 Å². The molecule has 8 nitrogen and oxygen atoms in total. The summed E-state index contributed by atoms with van der Waals surface area (Å²) < 4.78 is 15.8. The smallest absolute Gasteiger partial charge is 0.282 e. The van der Waals surface area contributed by atoms with Crippen molar-refractivity contribution in [3.05, 3.63) is 64.1 Å². The Morgan fingerprint density at radius 2 is 1.97 bits per heavy atom. The third kappa shape index (κ3) is 3.50. The van der Waals surface area contributed by atoms with Crippen LogP contribution in [0.25, 0.3) is 16.6 Å². The van der Waals surface area contributed by atoms with E-state index in [1.165, 1.54) is 29.1 Å². The van der Waals surface area contributed by atoms with Gasteiger partial charge in [0.05, 0.1) is 16.1 Å². The average Bonchev–Trinajstić information content (AvgIpc) is 2.78. The molecule has 0 atom stereocenters. The number of aromatic nitrogens is 3. The lowest BCUT2D eigenvalue weighted by molar-refractivity contribution is -0.126. The van der Waals surface area contributed by atoms with Gasteiger partial charge in [0.1, 0.15) is 29.2 Å². The highest BCUT2D eigenvalue weighted by Gasteiger charge is 2.24. The Balaban J connectivity index is 1.82. The fourth-order valence-electron chi connectivity index (χ4n) is 3.81.